The van der Waals surface area contributed by atoms with Gasteiger partial charge in [-0.05, 0) is 37.3 Å². The van der Waals surface area contributed by atoms with Gasteiger partial charge in [0.2, 0.25) is 5.69 Å². The lowest BCUT2D eigenvalue weighted by atomic mass is 10.0. The number of hydrogen-bond acceptors (Lipinski definition) is 7. The maximum Gasteiger partial charge on any atom is 0.320 e. The first-order chi connectivity index (χ1) is 14.7. The molecule has 3 aromatic rings. The number of alkyl halides is 2. The van der Waals surface area contributed by atoms with Crippen LogP contribution < -0.4 is 11.1 Å². The van der Waals surface area contributed by atoms with Crippen molar-refractivity contribution in [3.8, 4) is 0 Å². The summed E-state index contributed by atoms with van der Waals surface area (Å²) in [6, 6.07) is 1.27. The molecule has 0 bridgehead atoms. The molecule has 1 fully saturated rings. The molecule has 0 aliphatic heterocycles. The third-order valence-corrected chi connectivity index (χ3v) is 6.05. The first-order valence-electron chi connectivity index (χ1n) is 9.29. The van der Waals surface area contributed by atoms with Crippen LogP contribution >= 0.6 is 11.3 Å². The lowest BCUT2D eigenvalue weighted by Gasteiger charge is -2.10. The number of nitrogens with zero attached hydrogens (tertiary/aromatic N) is 4. The minimum atomic E-state index is -2.80. The Balaban J connectivity index is 1.89. The number of nitrogens with one attached hydrogen (secondary N) is 1. The zero-order valence-corrected chi connectivity index (χ0v) is 16.9. The maximum absolute atomic E-state index is 13.3. The van der Waals surface area contributed by atoms with Gasteiger partial charge in [0.25, 0.3) is 18.2 Å². The van der Waals surface area contributed by atoms with Gasteiger partial charge in [0.15, 0.2) is 0 Å². The Morgan fingerprint density at radius 3 is 2.71 bits per heavy atom. The van der Waals surface area contributed by atoms with Crippen molar-refractivity contribution in [2.75, 3.05) is 5.32 Å². The Kier molecular flexibility index (Phi) is 5.13. The number of aromatic nitrogens is 3. The zero-order valence-electron chi connectivity index (χ0n) is 16.1. The summed E-state index contributed by atoms with van der Waals surface area (Å²) in [6.45, 7) is 1.85. The van der Waals surface area contributed by atoms with E-state index in [1.165, 1.54) is 6.07 Å². The molecule has 13 heteroatoms. The zero-order chi connectivity index (χ0) is 22.4. The predicted molar refractivity (Wildman–Crippen MR) is 108 cm³/mol. The number of primary amides is 1. The molecule has 0 saturated heterocycles. The van der Waals surface area contributed by atoms with E-state index < -0.39 is 34.5 Å². The third kappa shape index (κ3) is 3.60. The van der Waals surface area contributed by atoms with Crippen molar-refractivity contribution in [2.45, 2.75) is 38.7 Å². The number of amides is 2. The molecule has 0 unspecified atom stereocenters. The molecule has 0 spiro atoms. The minimum Gasteiger partial charge on any atom is -0.365 e. The van der Waals surface area contributed by atoms with Crippen molar-refractivity contribution in [1.29, 1.82) is 0 Å². The molecule has 1 saturated carbocycles. The van der Waals surface area contributed by atoms with Crippen molar-refractivity contribution < 1.29 is 23.3 Å². The molecule has 162 valence electrons. The number of anilines is 1. The Morgan fingerprint density at radius 1 is 1.45 bits per heavy atom. The number of fused-ring (bicyclic) bond motifs is 1. The smallest absolute Gasteiger partial charge is 0.320 e. The predicted octanol–water partition coefficient (Wildman–Crippen LogP) is 3.59. The molecule has 4 rings (SSSR count). The fourth-order valence-electron chi connectivity index (χ4n) is 3.42. The summed E-state index contributed by atoms with van der Waals surface area (Å²) < 4.78 is 27.8. The summed E-state index contributed by atoms with van der Waals surface area (Å²) in [5.74, 6) is -1.76. The van der Waals surface area contributed by atoms with Gasteiger partial charge in [-0.3, -0.25) is 24.4 Å². The molecular formula is C18H16F2N6O4S. The topological polar surface area (TPSA) is 146 Å². The highest BCUT2D eigenvalue weighted by atomic mass is 32.1. The number of pyridine rings is 1. The van der Waals surface area contributed by atoms with E-state index in [-0.39, 0.29) is 33.6 Å². The molecule has 10 nitrogen and oxygen atoms in total. The van der Waals surface area contributed by atoms with Crippen LogP contribution in [0.3, 0.4) is 0 Å². The van der Waals surface area contributed by atoms with E-state index in [1.54, 1.807) is 6.92 Å². The van der Waals surface area contributed by atoms with E-state index in [0.29, 0.717) is 10.9 Å². The average molecular weight is 450 g/mol. The van der Waals surface area contributed by atoms with E-state index in [0.717, 1.165) is 35.1 Å². The first-order valence-corrected chi connectivity index (χ1v) is 10.1. The van der Waals surface area contributed by atoms with E-state index in [9.17, 15) is 28.5 Å². The van der Waals surface area contributed by atoms with Crippen LogP contribution in [0.1, 0.15) is 63.5 Å². The molecule has 3 aromatic heterocycles. The Labute approximate surface area is 177 Å². The summed E-state index contributed by atoms with van der Waals surface area (Å²) >= 11 is 0.793. The highest BCUT2D eigenvalue weighted by Gasteiger charge is 2.33. The van der Waals surface area contributed by atoms with Gasteiger partial charge in [-0.15, -0.1) is 11.3 Å². The summed E-state index contributed by atoms with van der Waals surface area (Å²) in [4.78, 5) is 39.6. The molecule has 31 heavy (non-hydrogen) atoms. The van der Waals surface area contributed by atoms with E-state index in [1.807, 2.05) is 0 Å². The molecule has 0 radical (unpaired) electrons. The molecular weight excluding hydrogens is 434 g/mol. The van der Waals surface area contributed by atoms with Crippen molar-refractivity contribution in [3.05, 3.63) is 44.2 Å². The highest BCUT2D eigenvalue weighted by Crippen LogP contribution is 2.48. The number of thiophene rings is 1. The lowest BCUT2D eigenvalue weighted by molar-refractivity contribution is -0.385. The number of halogens is 2. The number of nitro groups is 1. The van der Waals surface area contributed by atoms with Crippen molar-refractivity contribution in [2.24, 2.45) is 5.73 Å². The quantitative estimate of drug-likeness (QED) is 0.415. The second-order valence-corrected chi connectivity index (χ2v) is 7.97. The Bertz CT molecular complexity index is 1230. The average Bonchev–Trinajstić information content (AvgIpc) is 3.36. The van der Waals surface area contributed by atoms with Crippen LogP contribution in [0.25, 0.3) is 10.2 Å². The maximum atomic E-state index is 13.3. The summed E-state index contributed by atoms with van der Waals surface area (Å²) in [7, 11) is 0. The monoisotopic (exact) mass is 450 g/mol. The van der Waals surface area contributed by atoms with Gasteiger partial charge in [-0.25, -0.2) is 13.8 Å². The SMILES string of the molecule is CCn1ncc([N+](=O)[O-])c1C(=O)Nc1c(C(N)=O)sc2nc(C(F)F)cc(C3CC3)c12. The van der Waals surface area contributed by atoms with Crippen LogP contribution in [0.2, 0.25) is 0 Å². The molecule has 2 amide bonds. The number of rotatable bonds is 7. The first kappa shape index (κ1) is 20.8. The van der Waals surface area contributed by atoms with E-state index in [2.05, 4.69) is 15.4 Å². The number of hydrogen-bond donors (Lipinski definition) is 2. The van der Waals surface area contributed by atoms with E-state index >= 15 is 0 Å². The summed E-state index contributed by atoms with van der Waals surface area (Å²) in [6.07, 6.45) is -0.304. The van der Waals surface area contributed by atoms with Gasteiger partial charge in [-0.1, -0.05) is 0 Å². The largest absolute Gasteiger partial charge is 0.365 e. The van der Waals surface area contributed by atoms with Gasteiger partial charge in [-0.2, -0.15) is 5.10 Å². The van der Waals surface area contributed by atoms with Crippen LogP contribution in [0, 0.1) is 10.1 Å². The van der Waals surface area contributed by atoms with Gasteiger partial charge >= 0.3 is 5.69 Å². The standard InChI is InChI=1S/C18H16F2N6O4S/c1-2-25-13(10(6-22-25)26(29)30)17(28)24-12-11-8(7-3-4-7)5-9(15(19)20)23-18(11)31-14(12)16(21)27/h5-7,15H,2-4H2,1H3,(H2,21,27)(H,24,28). The lowest BCUT2D eigenvalue weighted by Crippen LogP contribution is -2.21. The Morgan fingerprint density at radius 2 is 2.16 bits per heavy atom. The molecule has 3 N–H and O–H groups in total. The highest BCUT2D eigenvalue weighted by molar-refractivity contribution is 7.21. The van der Waals surface area contributed by atoms with Gasteiger partial charge in [0.05, 0.1) is 10.6 Å². The molecule has 0 atom stereocenters. The normalized spacial score (nSPS) is 13.7. The molecule has 1 aliphatic rings. The van der Waals surface area contributed by atoms with Gasteiger partial charge in [0, 0.05) is 11.9 Å². The fraction of sp³-hybridized carbons (Fsp3) is 0.333. The van der Waals surface area contributed by atoms with Crippen LogP contribution in [0.4, 0.5) is 20.2 Å². The molecule has 0 aromatic carbocycles. The fourth-order valence-corrected chi connectivity index (χ4v) is 4.44. The second kappa shape index (κ2) is 7.65. The van der Waals surface area contributed by atoms with Crippen molar-refractivity contribution in [1.82, 2.24) is 14.8 Å². The van der Waals surface area contributed by atoms with E-state index in [4.69, 9.17) is 5.73 Å². The minimum absolute atomic E-state index is 0.00974. The number of carbonyl (C=O) groups excluding carboxylic acids is 2. The van der Waals surface area contributed by atoms with Crippen LogP contribution in [-0.4, -0.2) is 31.5 Å². The number of carbonyl (C=O) groups is 2. The van der Waals surface area contributed by atoms with Gasteiger partial charge < -0.3 is 11.1 Å². The summed E-state index contributed by atoms with van der Waals surface area (Å²) in [5, 5.41) is 18.0. The number of nitrogens with two attached hydrogens (primary N) is 1. The second-order valence-electron chi connectivity index (χ2n) is 6.97. The Hall–Kier alpha value is -3.48. The van der Waals surface area contributed by atoms with Crippen LogP contribution in [0.5, 0.6) is 0 Å². The number of aryl methyl sites for hydroxylation is 1. The van der Waals surface area contributed by atoms with Crippen molar-refractivity contribution >= 4 is 44.7 Å². The molecule has 1 aliphatic carbocycles. The van der Waals surface area contributed by atoms with Crippen LogP contribution in [0.15, 0.2) is 12.3 Å². The van der Waals surface area contributed by atoms with Crippen LogP contribution in [-0.2, 0) is 6.54 Å². The van der Waals surface area contributed by atoms with Crippen molar-refractivity contribution in [3.63, 3.8) is 0 Å². The van der Waals surface area contributed by atoms with Gasteiger partial charge in [0.1, 0.15) is 21.6 Å². The third-order valence-electron chi connectivity index (χ3n) is 4.95. The summed E-state index contributed by atoms with van der Waals surface area (Å²) in [5.41, 5.74) is 4.80. The molecule has 3 heterocycles.